The van der Waals surface area contributed by atoms with Gasteiger partial charge in [-0.15, -0.1) is 0 Å². The third-order valence-corrected chi connectivity index (χ3v) is 2.52. The fourth-order valence-corrected chi connectivity index (χ4v) is 1.65. The zero-order valence-electron chi connectivity index (χ0n) is 9.65. The molecule has 0 fully saturated rings. The van der Waals surface area contributed by atoms with E-state index in [2.05, 4.69) is 15.1 Å². The van der Waals surface area contributed by atoms with Gasteiger partial charge in [-0.05, 0) is 6.92 Å². The van der Waals surface area contributed by atoms with E-state index in [0.29, 0.717) is 16.4 Å². The Balaban J connectivity index is 2.48. The van der Waals surface area contributed by atoms with Crippen LogP contribution in [0.1, 0.15) is 6.92 Å². The van der Waals surface area contributed by atoms with Crippen molar-refractivity contribution in [1.29, 1.82) is 0 Å². The number of pyridine rings is 1. The first kappa shape index (κ1) is 12.6. The lowest BCUT2D eigenvalue weighted by atomic mass is 10.2. The number of amidine groups is 1. The number of halogens is 3. The highest BCUT2D eigenvalue weighted by Crippen LogP contribution is 2.25. The first-order valence-corrected chi connectivity index (χ1v) is 5.41. The van der Waals surface area contributed by atoms with Crippen molar-refractivity contribution in [2.45, 2.75) is 6.92 Å². The predicted octanol–water partition coefficient (Wildman–Crippen LogP) is 2.71. The monoisotopic (exact) mass is 270 g/mol. The number of hydrazone groups is 1. The molecule has 0 bridgehead atoms. The molecule has 1 aromatic rings. The minimum Gasteiger partial charge on any atom is -0.269 e. The molecule has 0 amide bonds. The fraction of sp³-hybridized carbons (Fsp3) is 0.182. The second kappa shape index (κ2) is 4.81. The molecule has 0 saturated heterocycles. The van der Waals surface area contributed by atoms with Gasteiger partial charge in [-0.2, -0.15) is 10.1 Å². The van der Waals surface area contributed by atoms with Gasteiger partial charge >= 0.3 is 0 Å². The Morgan fingerprint density at radius 1 is 1.44 bits per heavy atom. The molecule has 1 aliphatic heterocycles. The summed E-state index contributed by atoms with van der Waals surface area (Å²) >= 11 is 5.88. The van der Waals surface area contributed by atoms with E-state index in [0.717, 1.165) is 12.3 Å². The Bertz CT molecular complexity index is 576. The number of rotatable bonds is 1. The Labute approximate surface area is 107 Å². The van der Waals surface area contributed by atoms with Gasteiger partial charge < -0.3 is 0 Å². The van der Waals surface area contributed by atoms with Gasteiger partial charge in [-0.25, -0.2) is 13.8 Å². The summed E-state index contributed by atoms with van der Waals surface area (Å²) in [4.78, 5) is 7.65. The number of anilines is 1. The largest absolute Gasteiger partial charge is 0.269 e. The zero-order chi connectivity index (χ0) is 13.3. The van der Waals surface area contributed by atoms with E-state index in [-0.39, 0.29) is 5.82 Å². The normalized spacial score (nSPS) is 19.8. The van der Waals surface area contributed by atoms with Crippen LogP contribution in [0, 0.1) is 11.6 Å². The molecule has 0 aliphatic carbocycles. The lowest BCUT2D eigenvalue weighted by molar-refractivity contribution is 0.573. The molecule has 0 atom stereocenters. The number of aliphatic imine (C=N–C) groups is 1. The average Bonchev–Trinajstić information content (AvgIpc) is 2.72. The van der Waals surface area contributed by atoms with Crippen LogP contribution in [0.2, 0.25) is 0 Å². The smallest absolute Gasteiger partial charge is 0.192 e. The van der Waals surface area contributed by atoms with Crippen molar-refractivity contribution in [2.75, 3.05) is 12.1 Å². The van der Waals surface area contributed by atoms with Gasteiger partial charge in [0.1, 0.15) is 5.82 Å². The second-order valence-electron chi connectivity index (χ2n) is 3.51. The minimum absolute atomic E-state index is 0.124. The van der Waals surface area contributed by atoms with E-state index < -0.39 is 11.6 Å². The number of nitrogens with zero attached hydrogens (tertiary/aromatic N) is 4. The van der Waals surface area contributed by atoms with Crippen LogP contribution in [0.5, 0.6) is 0 Å². The van der Waals surface area contributed by atoms with Crippen molar-refractivity contribution < 1.29 is 8.78 Å². The summed E-state index contributed by atoms with van der Waals surface area (Å²) in [6, 6.07) is 0.737. The SMILES string of the molecule is CN=C1/C(=C(\C)Cl)C=NN1c1ncc(F)cc1F. The fourth-order valence-electron chi connectivity index (χ4n) is 1.52. The van der Waals surface area contributed by atoms with Crippen molar-refractivity contribution in [1.82, 2.24) is 4.98 Å². The third kappa shape index (κ3) is 2.11. The van der Waals surface area contributed by atoms with Crippen LogP contribution in [0.4, 0.5) is 14.6 Å². The quantitative estimate of drug-likeness (QED) is 0.787. The maximum absolute atomic E-state index is 13.6. The second-order valence-corrected chi connectivity index (χ2v) is 4.08. The first-order chi connectivity index (χ1) is 8.54. The molecule has 0 unspecified atom stereocenters. The van der Waals surface area contributed by atoms with E-state index in [1.54, 1.807) is 6.92 Å². The van der Waals surface area contributed by atoms with Gasteiger partial charge in [0.15, 0.2) is 17.5 Å². The number of allylic oxidation sites excluding steroid dienone is 1. The van der Waals surface area contributed by atoms with E-state index >= 15 is 0 Å². The van der Waals surface area contributed by atoms with Crippen molar-refractivity contribution in [2.24, 2.45) is 10.1 Å². The molecule has 94 valence electrons. The standard InChI is InChI=1S/C11H9ClF2N4/c1-6(12)8-5-17-18(10(8)15-2)11-9(14)3-7(13)4-16-11/h3-5H,1-2H3/b8-6+,15-10?. The van der Waals surface area contributed by atoms with Gasteiger partial charge in [-0.1, -0.05) is 11.6 Å². The first-order valence-electron chi connectivity index (χ1n) is 5.03. The van der Waals surface area contributed by atoms with Crippen LogP contribution in [0.3, 0.4) is 0 Å². The summed E-state index contributed by atoms with van der Waals surface area (Å²) in [5, 5.41) is 5.61. The molecule has 0 radical (unpaired) electrons. The number of aromatic nitrogens is 1. The van der Waals surface area contributed by atoms with E-state index in [9.17, 15) is 8.78 Å². The lowest BCUT2D eigenvalue weighted by Gasteiger charge is -2.14. The molecule has 18 heavy (non-hydrogen) atoms. The molecule has 4 nitrogen and oxygen atoms in total. The van der Waals surface area contributed by atoms with Crippen molar-refractivity contribution in [3.05, 3.63) is 34.5 Å². The predicted molar refractivity (Wildman–Crippen MR) is 67.0 cm³/mol. The summed E-state index contributed by atoms with van der Waals surface area (Å²) in [6.07, 6.45) is 2.37. The van der Waals surface area contributed by atoms with Gasteiger partial charge in [-0.3, -0.25) is 4.99 Å². The molecule has 1 aromatic heterocycles. The molecular formula is C11H9ClF2N4. The molecule has 0 spiro atoms. The average molecular weight is 271 g/mol. The van der Waals surface area contributed by atoms with Crippen LogP contribution in [0.15, 0.2) is 33.0 Å². The number of hydrogen-bond donors (Lipinski definition) is 0. The van der Waals surface area contributed by atoms with Gasteiger partial charge in [0, 0.05) is 18.1 Å². The lowest BCUT2D eigenvalue weighted by Crippen LogP contribution is -2.24. The summed E-state index contributed by atoms with van der Waals surface area (Å²) in [5.41, 5.74) is 0.574. The van der Waals surface area contributed by atoms with Crippen molar-refractivity contribution >= 4 is 29.5 Å². The Morgan fingerprint density at radius 3 is 2.72 bits per heavy atom. The van der Waals surface area contributed by atoms with Crippen LogP contribution in [0.25, 0.3) is 0 Å². The molecule has 7 heteroatoms. The highest BCUT2D eigenvalue weighted by molar-refractivity contribution is 6.37. The summed E-state index contributed by atoms with van der Waals surface area (Å²) in [5.74, 6) is -1.33. The Morgan fingerprint density at radius 2 is 2.17 bits per heavy atom. The highest BCUT2D eigenvalue weighted by Gasteiger charge is 2.26. The molecule has 2 rings (SSSR count). The summed E-state index contributed by atoms with van der Waals surface area (Å²) < 4.78 is 26.4. The number of hydrogen-bond acceptors (Lipinski definition) is 3. The third-order valence-electron chi connectivity index (χ3n) is 2.32. The summed E-state index contributed by atoms with van der Waals surface area (Å²) in [6.45, 7) is 1.67. The maximum atomic E-state index is 13.6. The Kier molecular flexibility index (Phi) is 3.38. The molecule has 2 heterocycles. The maximum Gasteiger partial charge on any atom is 0.192 e. The van der Waals surface area contributed by atoms with Gasteiger partial charge in [0.25, 0.3) is 0 Å². The topological polar surface area (TPSA) is 40.9 Å². The van der Waals surface area contributed by atoms with E-state index in [4.69, 9.17) is 11.6 Å². The molecule has 1 aliphatic rings. The molecule has 0 saturated carbocycles. The van der Waals surface area contributed by atoms with Crippen LogP contribution < -0.4 is 5.01 Å². The van der Waals surface area contributed by atoms with Crippen molar-refractivity contribution in [3.8, 4) is 0 Å². The zero-order valence-corrected chi connectivity index (χ0v) is 10.4. The highest BCUT2D eigenvalue weighted by atomic mass is 35.5. The molecule has 0 N–H and O–H groups in total. The van der Waals surface area contributed by atoms with Crippen molar-refractivity contribution in [3.63, 3.8) is 0 Å². The molecular weight excluding hydrogens is 262 g/mol. The Hall–Kier alpha value is -1.82. The van der Waals surface area contributed by atoms with Crippen LogP contribution in [-0.2, 0) is 0 Å². The van der Waals surface area contributed by atoms with Gasteiger partial charge in [0.2, 0.25) is 0 Å². The van der Waals surface area contributed by atoms with Crippen LogP contribution in [-0.4, -0.2) is 24.1 Å². The molecule has 0 aromatic carbocycles. The van der Waals surface area contributed by atoms with E-state index in [1.807, 2.05) is 0 Å². The summed E-state index contributed by atoms with van der Waals surface area (Å²) in [7, 11) is 1.53. The van der Waals surface area contributed by atoms with E-state index in [1.165, 1.54) is 18.3 Å². The minimum atomic E-state index is -0.818. The van der Waals surface area contributed by atoms with Gasteiger partial charge in [0.05, 0.1) is 18.0 Å². The van der Waals surface area contributed by atoms with Crippen LogP contribution >= 0.6 is 11.6 Å².